The summed E-state index contributed by atoms with van der Waals surface area (Å²) in [6.45, 7) is 4.16. The normalized spacial score (nSPS) is 25.4. The third-order valence-corrected chi connectivity index (χ3v) is 5.68. The molecular formula is C18H24F2N8O2. The van der Waals surface area contributed by atoms with Crippen molar-refractivity contribution in [2.75, 3.05) is 45.0 Å². The highest BCUT2D eigenvalue weighted by molar-refractivity contribution is 6.04. The van der Waals surface area contributed by atoms with Gasteiger partial charge in [0.2, 0.25) is 5.91 Å². The first-order valence-electron chi connectivity index (χ1n) is 9.79. The number of rotatable bonds is 3. The summed E-state index contributed by atoms with van der Waals surface area (Å²) in [6.07, 6.45) is 0.859. The second-order valence-electron chi connectivity index (χ2n) is 7.59. The number of hydrogen-bond acceptors (Lipinski definition) is 7. The largest absolute Gasteiger partial charge is 0.381 e. The monoisotopic (exact) mass is 422 g/mol. The van der Waals surface area contributed by atoms with E-state index in [0.29, 0.717) is 32.7 Å². The van der Waals surface area contributed by atoms with E-state index in [1.165, 1.54) is 6.92 Å². The second-order valence-corrected chi connectivity index (χ2v) is 7.59. The van der Waals surface area contributed by atoms with Crippen molar-refractivity contribution in [2.45, 2.75) is 25.2 Å². The summed E-state index contributed by atoms with van der Waals surface area (Å²) in [5.74, 6) is -1.25. The quantitative estimate of drug-likeness (QED) is 0.582. The van der Waals surface area contributed by atoms with E-state index < -0.39 is 30.0 Å². The van der Waals surface area contributed by atoms with Crippen LogP contribution in [0, 0.1) is 5.82 Å². The average Bonchev–Trinajstić information content (AvgIpc) is 3.03. The Kier molecular flexibility index (Phi) is 5.52. The maximum absolute atomic E-state index is 14.9. The number of nitrogens with one attached hydrogen (secondary N) is 2. The maximum Gasteiger partial charge on any atom is 0.259 e. The van der Waals surface area contributed by atoms with Crippen LogP contribution in [0.3, 0.4) is 0 Å². The number of nitrogens with zero attached hydrogens (tertiary/aromatic N) is 5. The van der Waals surface area contributed by atoms with Gasteiger partial charge in [-0.25, -0.2) is 18.3 Å². The third-order valence-electron chi connectivity index (χ3n) is 5.68. The molecule has 2 amide bonds. The van der Waals surface area contributed by atoms with Gasteiger partial charge in [-0.1, -0.05) is 0 Å². The number of nitrogens with two attached hydrogens (primary N) is 1. The number of halogens is 2. The van der Waals surface area contributed by atoms with Gasteiger partial charge >= 0.3 is 0 Å². The van der Waals surface area contributed by atoms with Crippen LogP contribution in [-0.4, -0.2) is 93.7 Å². The summed E-state index contributed by atoms with van der Waals surface area (Å²) < 4.78 is 29.4. The summed E-state index contributed by atoms with van der Waals surface area (Å²) >= 11 is 0. The van der Waals surface area contributed by atoms with E-state index in [-0.39, 0.29) is 29.5 Å². The van der Waals surface area contributed by atoms with E-state index in [1.807, 2.05) is 4.90 Å². The number of nitrogen functional groups attached to an aromatic ring is 1. The molecule has 4 N–H and O–H groups in total. The lowest BCUT2D eigenvalue weighted by Crippen LogP contribution is -2.67. The number of carbonyl (C=O) groups is 2. The number of alkyl halides is 1. The van der Waals surface area contributed by atoms with E-state index in [4.69, 9.17) is 5.73 Å². The minimum absolute atomic E-state index is 0.00545. The van der Waals surface area contributed by atoms with E-state index in [0.717, 1.165) is 16.9 Å². The standard InChI is InChI=1S/C18H24F2N8O2/c1-10(29)26-2-4-27(5-3-26)15-12(20)7-22-8-13(15)24-18(30)14-16(21)25-28-9-11(19)6-23-17(14)28/h6,9,12-13,15,22H,2-5,7-8H2,1H3,(H2,21,25)(H,24,30). The molecule has 10 nitrogen and oxygen atoms in total. The molecule has 0 radical (unpaired) electrons. The summed E-state index contributed by atoms with van der Waals surface area (Å²) in [5.41, 5.74) is 6.01. The second kappa shape index (κ2) is 8.11. The van der Waals surface area contributed by atoms with Gasteiger partial charge in [0.1, 0.15) is 11.7 Å². The van der Waals surface area contributed by atoms with Crippen LogP contribution in [0.25, 0.3) is 5.65 Å². The Hall–Kier alpha value is -2.86. The van der Waals surface area contributed by atoms with Crippen LogP contribution < -0.4 is 16.4 Å². The van der Waals surface area contributed by atoms with Gasteiger partial charge in [-0.3, -0.25) is 14.5 Å². The lowest BCUT2D eigenvalue weighted by Gasteiger charge is -2.45. The molecule has 2 fully saturated rings. The Morgan fingerprint density at radius 2 is 2.00 bits per heavy atom. The fourth-order valence-electron chi connectivity index (χ4n) is 4.21. The van der Waals surface area contributed by atoms with Crippen LogP contribution in [0.4, 0.5) is 14.6 Å². The van der Waals surface area contributed by atoms with E-state index in [9.17, 15) is 18.4 Å². The van der Waals surface area contributed by atoms with Gasteiger partial charge in [-0.15, -0.1) is 5.10 Å². The Morgan fingerprint density at radius 1 is 1.27 bits per heavy atom. The van der Waals surface area contributed by atoms with Crippen LogP contribution in [0.2, 0.25) is 0 Å². The Balaban J connectivity index is 1.53. The molecule has 12 heteroatoms. The summed E-state index contributed by atoms with van der Waals surface area (Å²) in [6, 6.07) is -1.07. The molecule has 0 aliphatic carbocycles. The molecule has 2 aromatic heterocycles. The van der Waals surface area contributed by atoms with Gasteiger partial charge in [-0.05, 0) is 0 Å². The zero-order valence-corrected chi connectivity index (χ0v) is 16.5. The van der Waals surface area contributed by atoms with Gasteiger partial charge in [0.25, 0.3) is 5.91 Å². The van der Waals surface area contributed by atoms with E-state index >= 15 is 0 Å². The molecule has 3 atom stereocenters. The number of piperazine rings is 1. The number of aromatic nitrogens is 3. The molecule has 0 aromatic carbocycles. The van der Waals surface area contributed by atoms with Gasteiger partial charge in [0.05, 0.1) is 24.5 Å². The van der Waals surface area contributed by atoms with E-state index in [2.05, 4.69) is 20.7 Å². The van der Waals surface area contributed by atoms with Crippen molar-refractivity contribution >= 4 is 23.3 Å². The Morgan fingerprint density at radius 3 is 2.70 bits per heavy atom. The van der Waals surface area contributed by atoms with Crippen molar-refractivity contribution in [3.8, 4) is 0 Å². The van der Waals surface area contributed by atoms with Gasteiger partial charge < -0.3 is 21.3 Å². The first-order valence-corrected chi connectivity index (χ1v) is 9.79. The highest BCUT2D eigenvalue weighted by atomic mass is 19.1. The predicted octanol–water partition coefficient (Wildman–Crippen LogP) is -0.977. The summed E-state index contributed by atoms with van der Waals surface area (Å²) in [5, 5.41) is 9.77. The van der Waals surface area contributed by atoms with E-state index in [1.54, 1.807) is 4.90 Å². The molecule has 2 aliphatic heterocycles. The molecule has 0 spiro atoms. The minimum atomic E-state index is -1.19. The lowest BCUT2D eigenvalue weighted by molar-refractivity contribution is -0.131. The lowest BCUT2D eigenvalue weighted by atomic mass is 9.96. The molecule has 2 aromatic rings. The molecule has 162 valence electrons. The first kappa shape index (κ1) is 20.4. The fraction of sp³-hybridized carbons (Fsp3) is 0.556. The molecule has 3 unspecified atom stereocenters. The Bertz CT molecular complexity index is 959. The molecule has 4 heterocycles. The average molecular weight is 422 g/mol. The third kappa shape index (κ3) is 3.79. The van der Waals surface area contributed by atoms with Gasteiger partial charge in [-0.2, -0.15) is 0 Å². The topological polar surface area (TPSA) is 121 Å². The SMILES string of the molecule is CC(=O)N1CCN(C2C(F)CNCC2NC(=O)c2c(N)nn3cc(F)cnc23)CC1. The smallest absolute Gasteiger partial charge is 0.259 e. The zero-order chi connectivity index (χ0) is 21.4. The highest BCUT2D eigenvalue weighted by Crippen LogP contribution is 2.21. The van der Waals surface area contributed by atoms with Crippen molar-refractivity contribution in [1.82, 2.24) is 35.0 Å². The minimum Gasteiger partial charge on any atom is -0.381 e. The van der Waals surface area contributed by atoms with Gasteiger partial charge in [0, 0.05) is 46.2 Å². The first-order chi connectivity index (χ1) is 14.3. The number of piperidine rings is 1. The van der Waals surface area contributed by atoms with Gasteiger partial charge in [0.15, 0.2) is 17.3 Å². The molecule has 4 rings (SSSR count). The molecule has 2 saturated heterocycles. The number of amides is 2. The molecular weight excluding hydrogens is 398 g/mol. The van der Waals surface area contributed by atoms with Crippen molar-refractivity contribution < 1.29 is 18.4 Å². The Labute approximate surface area is 171 Å². The maximum atomic E-state index is 14.9. The molecule has 0 saturated carbocycles. The summed E-state index contributed by atoms with van der Waals surface area (Å²) in [4.78, 5) is 32.1. The number of carbonyl (C=O) groups excluding carboxylic acids is 2. The predicted molar refractivity (Wildman–Crippen MR) is 104 cm³/mol. The van der Waals surface area contributed by atoms with Crippen LogP contribution >= 0.6 is 0 Å². The van der Waals surface area contributed by atoms with Crippen LogP contribution in [0.15, 0.2) is 12.4 Å². The van der Waals surface area contributed by atoms with Crippen LogP contribution in [0.5, 0.6) is 0 Å². The number of fused-ring (bicyclic) bond motifs is 1. The fourth-order valence-corrected chi connectivity index (χ4v) is 4.21. The van der Waals surface area contributed by atoms with Crippen molar-refractivity contribution in [3.05, 3.63) is 23.8 Å². The van der Waals surface area contributed by atoms with Crippen molar-refractivity contribution in [1.29, 1.82) is 0 Å². The summed E-state index contributed by atoms with van der Waals surface area (Å²) in [7, 11) is 0. The number of hydrogen-bond donors (Lipinski definition) is 3. The zero-order valence-electron chi connectivity index (χ0n) is 16.5. The van der Waals surface area contributed by atoms with Crippen LogP contribution in [0.1, 0.15) is 17.3 Å². The molecule has 30 heavy (non-hydrogen) atoms. The molecule has 0 bridgehead atoms. The highest BCUT2D eigenvalue weighted by Gasteiger charge is 2.40. The number of anilines is 1. The van der Waals surface area contributed by atoms with Crippen molar-refractivity contribution in [3.63, 3.8) is 0 Å². The van der Waals surface area contributed by atoms with Crippen molar-refractivity contribution in [2.24, 2.45) is 0 Å². The van der Waals surface area contributed by atoms with Crippen LogP contribution in [-0.2, 0) is 4.79 Å². The molecule has 2 aliphatic rings.